The van der Waals surface area contributed by atoms with Crippen molar-refractivity contribution >= 4 is 33.2 Å². The van der Waals surface area contributed by atoms with Crippen molar-refractivity contribution in [3.05, 3.63) is 59.6 Å². The van der Waals surface area contributed by atoms with Crippen molar-refractivity contribution in [3.63, 3.8) is 0 Å². The van der Waals surface area contributed by atoms with Gasteiger partial charge in [0, 0.05) is 36.5 Å². The van der Waals surface area contributed by atoms with Crippen LogP contribution >= 0.6 is 11.6 Å². The summed E-state index contributed by atoms with van der Waals surface area (Å²) in [6, 6.07) is 11.0. The molecule has 1 amide bonds. The molecule has 168 valence electrons. The summed E-state index contributed by atoms with van der Waals surface area (Å²) in [5, 5.41) is 13.3. The van der Waals surface area contributed by atoms with Gasteiger partial charge in [-0.15, -0.1) is 0 Å². The lowest BCUT2D eigenvalue weighted by atomic mass is 10.2. The van der Waals surface area contributed by atoms with E-state index in [1.165, 1.54) is 22.5 Å². The molecule has 1 aliphatic rings. The van der Waals surface area contributed by atoms with E-state index in [-0.39, 0.29) is 29.2 Å². The van der Waals surface area contributed by atoms with Gasteiger partial charge in [-0.1, -0.05) is 11.6 Å². The van der Waals surface area contributed by atoms with E-state index in [0.717, 1.165) is 18.4 Å². The Labute approximate surface area is 190 Å². The predicted octanol–water partition coefficient (Wildman–Crippen LogP) is 4.06. The van der Waals surface area contributed by atoms with Gasteiger partial charge >= 0.3 is 0 Å². The number of aromatic nitrogens is 1. The summed E-state index contributed by atoms with van der Waals surface area (Å²) in [5.41, 5.74) is 0.864. The van der Waals surface area contributed by atoms with Gasteiger partial charge in [-0.05, 0) is 55.3 Å². The summed E-state index contributed by atoms with van der Waals surface area (Å²) in [6.45, 7) is 0.943. The quantitative estimate of drug-likeness (QED) is 0.498. The Kier molecular flexibility index (Phi) is 6.50. The fourth-order valence-corrected chi connectivity index (χ4v) is 5.13. The van der Waals surface area contributed by atoms with Crippen molar-refractivity contribution in [2.75, 3.05) is 18.4 Å². The summed E-state index contributed by atoms with van der Waals surface area (Å²) < 4.78 is 32.6. The molecule has 0 aliphatic carbocycles. The standard InChI is InChI=1S/C22H22ClN3O5S/c23-16-5-3-15(4-6-16)20-14-24-22(31-20)10-9-21(28)25-18-13-17(7-8-19(18)27)32(29,30)26-11-1-2-12-26/h3-8,13-14,27H,1-2,9-12H2,(H,25,28). The Balaban J connectivity index is 1.40. The normalized spacial score (nSPS) is 14.5. The number of rotatable bonds is 7. The van der Waals surface area contributed by atoms with Gasteiger partial charge in [0.15, 0.2) is 11.7 Å². The van der Waals surface area contributed by atoms with Crippen LogP contribution in [0.4, 0.5) is 5.69 Å². The third-order valence-corrected chi connectivity index (χ3v) is 7.34. The van der Waals surface area contributed by atoms with E-state index in [2.05, 4.69) is 10.3 Å². The van der Waals surface area contributed by atoms with Crippen molar-refractivity contribution < 1.29 is 22.7 Å². The van der Waals surface area contributed by atoms with E-state index >= 15 is 0 Å². The Morgan fingerprint density at radius 1 is 1.16 bits per heavy atom. The van der Waals surface area contributed by atoms with Crippen LogP contribution < -0.4 is 5.32 Å². The number of phenols is 1. The molecule has 2 N–H and O–H groups in total. The van der Waals surface area contributed by atoms with Gasteiger partial charge in [0.1, 0.15) is 5.75 Å². The number of nitrogens with zero attached hydrogens (tertiary/aromatic N) is 2. The van der Waals surface area contributed by atoms with Crippen molar-refractivity contribution in [2.45, 2.75) is 30.6 Å². The zero-order valence-corrected chi connectivity index (χ0v) is 18.7. The minimum atomic E-state index is -3.66. The smallest absolute Gasteiger partial charge is 0.243 e. The number of benzene rings is 2. The van der Waals surface area contributed by atoms with Gasteiger partial charge in [0.25, 0.3) is 0 Å². The number of aromatic hydroxyl groups is 1. The number of hydrogen-bond donors (Lipinski definition) is 2. The number of sulfonamides is 1. The first-order valence-electron chi connectivity index (χ1n) is 10.2. The molecule has 4 rings (SSSR count). The van der Waals surface area contributed by atoms with Gasteiger partial charge in [-0.3, -0.25) is 4.79 Å². The van der Waals surface area contributed by atoms with Crippen LogP contribution in [-0.4, -0.2) is 41.8 Å². The number of carbonyl (C=O) groups is 1. The average Bonchev–Trinajstić information content (AvgIpc) is 3.47. The lowest BCUT2D eigenvalue weighted by Crippen LogP contribution is -2.28. The lowest BCUT2D eigenvalue weighted by molar-refractivity contribution is -0.116. The SMILES string of the molecule is O=C(CCc1ncc(-c2ccc(Cl)cc2)o1)Nc1cc(S(=O)(=O)N2CCCC2)ccc1O. The molecule has 1 aliphatic heterocycles. The van der Waals surface area contributed by atoms with Crippen LogP contribution in [-0.2, 0) is 21.2 Å². The Bertz CT molecular complexity index is 1220. The van der Waals surface area contributed by atoms with Gasteiger partial charge in [0.05, 0.1) is 16.8 Å². The van der Waals surface area contributed by atoms with Crippen LogP contribution in [0.1, 0.15) is 25.2 Å². The molecule has 0 radical (unpaired) electrons. The monoisotopic (exact) mass is 475 g/mol. The van der Waals surface area contributed by atoms with Crippen LogP contribution in [0, 0.1) is 0 Å². The molecule has 32 heavy (non-hydrogen) atoms. The first-order chi connectivity index (χ1) is 15.3. The number of phenolic OH excluding ortho intramolecular Hbond substituents is 1. The number of amides is 1. The van der Waals surface area contributed by atoms with Crippen LogP contribution in [0.2, 0.25) is 5.02 Å². The Hall–Kier alpha value is -2.88. The van der Waals surface area contributed by atoms with Gasteiger partial charge in [-0.2, -0.15) is 4.31 Å². The number of hydrogen-bond acceptors (Lipinski definition) is 6. The molecular weight excluding hydrogens is 454 g/mol. The molecule has 2 heterocycles. The molecule has 0 spiro atoms. The number of oxazole rings is 1. The van der Waals surface area contributed by atoms with E-state index < -0.39 is 15.9 Å². The summed E-state index contributed by atoms with van der Waals surface area (Å²) in [6.07, 6.45) is 3.51. The maximum atomic E-state index is 12.7. The second-order valence-corrected chi connectivity index (χ2v) is 9.84. The maximum Gasteiger partial charge on any atom is 0.243 e. The maximum absolute atomic E-state index is 12.7. The molecular formula is C22H22ClN3O5S. The second kappa shape index (κ2) is 9.32. The highest BCUT2D eigenvalue weighted by molar-refractivity contribution is 7.89. The molecule has 0 bridgehead atoms. The highest BCUT2D eigenvalue weighted by Gasteiger charge is 2.28. The van der Waals surface area contributed by atoms with E-state index in [0.29, 0.717) is 29.8 Å². The molecule has 1 fully saturated rings. The van der Waals surface area contributed by atoms with Crippen LogP contribution in [0.15, 0.2) is 58.0 Å². The largest absolute Gasteiger partial charge is 0.506 e. The van der Waals surface area contributed by atoms with E-state index in [1.807, 2.05) is 12.1 Å². The lowest BCUT2D eigenvalue weighted by Gasteiger charge is -2.16. The zero-order valence-electron chi connectivity index (χ0n) is 17.1. The number of aryl methyl sites for hydroxylation is 1. The number of halogens is 1. The number of anilines is 1. The minimum Gasteiger partial charge on any atom is -0.506 e. The molecule has 10 heteroatoms. The van der Waals surface area contributed by atoms with Crippen molar-refractivity contribution in [3.8, 4) is 17.1 Å². The Morgan fingerprint density at radius 3 is 2.59 bits per heavy atom. The Morgan fingerprint density at radius 2 is 1.88 bits per heavy atom. The van der Waals surface area contributed by atoms with Crippen molar-refractivity contribution in [2.24, 2.45) is 0 Å². The van der Waals surface area contributed by atoms with Gasteiger partial charge in [-0.25, -0.2) is 13.4 Å². The molecule has 8 nitrogen and oxygen atoms in total. The fraction of sp³-hybridized carbons (Fsp3) is 0.273. The molecule has 0 atom stereocenters. The van der Waals surface area contributed by atoms with Crippen LogP contribution in [0.5, 0.6) is 5.75 Å². The van der Waals surface area contributed by atoms with Crippen molar-refractivity contribution in [1.29, 1.82) is 0 Å². The number of carbonyl (C=O) groups excluding carboxylic acids is 1. The molecule has 1 aromatic heterocycles. The van der Waals surface area contributed by atoms with Crippen LogP contribution in [0.25, 0.3) is 11.3 Å². The highest BCUT2D eigenvalue weighted by Crippen LogP contribution is 2.29. The van der Waals surface area contributed by atoms with E-state index in [9.17, 15) is 18.3 Å². The third kappa shape index (κ3) is 4.95. The van der Waals surface area contributed by atoms with Gasteiger partial charge in [0.2, 0.25) is 15.9 Å². The molecule has 0 saturated carbocycles. The summed E-state index contributed by atoms with van der Waals surface area (Å²) in [7, 11) is -3.66. The predicted molar refractivity (Wildman–Crippen MR) is 120 cm³/mol. The van der Waals surface area contributed by atoms with Crippen molar-refractivity contribution in [1.82, 2.24) is 9.29 Å². The zero-order chi connectivity index (χ0) is 22.7. The minimum absolute atomic E-state index is 0.0350. The van der Waals surface area contributed by atoms with Gasteiger partial charge < -0.3 is 14.8 Å². The third-order valence-electron chi connectivity index (χ3n) is 5.19. The molecule has 3 aromatic rings. The number of nitrogens with one attached hydrogen (secondary N) is 1. The summed E-state index contributed by atoms with van der Waals surface area (Å²) in [4.78, 5) is 16.6. The van der Waals surface area contributed by atoms with E-state index in [4.69, 9.17) is 16.0 Å². The molecule has 0 unspecified atom stereocenters. The van der Waals surface area contributed by atoms with E-state index in [1.54, 1.807) is 18.3 Å². The van der Waals surface area contributed by atoms with Crippen LogP contribution in [0.3, 0.4) is 0 Å². The molecule has 2 aromatic carbocycles. The topological polar surface area (TPSA) is 113 Å². The average molecular weight is 476 g/mol. The first kappa shape index (κ1) is 22.3. The first-order valence-corrected chi connectivity index (χ1v) is 12.0. The summed E-state index contributed by atoms with van der Waals surface area (Å²) in [5.74, 6) is 0.344. The second-order valence-electron chi connectivity index (χ2n) is 7.46. The summed E-state index contributed by atoms with van der Waals surface area (Å²) >= 11 is 5.89. The fourth-order valence-electron chi connectivity index (χ4n) is 3.46. The highest BCUT2D eigenvalue weighted by atomic mass is 35.5. The molecule has 1 saturated heterocycles.